The van der Waals surface area contributed by atoms with Crippen LogP contribution in [-0.2, 0) is 16.6 Å². The van der Waals surface area contributed by atoms with Crippen molar-refractivity contribution < 1.29 is 23.0 Å². The molecule has 0 saturated heterocycles. The van der Waals surface area contributed by atoms with Crippen LogP contribution in [0.25, 0.3) is 0 Å². The average Bonchev–Trinajstić information content (AvgIpc) is 2.68. The molecule has 0 saturated carbocycles. The van der Waals surface area contributed by atoms with Gasteiger partial charge in [-0.2, -0.15) is 4.31 Å². The monoisotopic (exact) mass is 433 g/mol. The highest BCUT2D eigenvalue weighted by Crippen LogP contribution is 2.44. The van der Waals surface area contributed by atoms with Gasteiger partial charge in [-0.15, -0.1) is 0 Å². The van der Waals surface area contributed by atoms with Crippen molar-refractivity contribution >= 4 is 10.0 Å². The molecule has 0 aliphatic carbocycles. The molecule has 0 spiro atoms. The first-order chi connectivity index (χ1) is 14.2. The van der Waals surface area contributed by atoms with Crippen LogP contribution in [-0.4, -0.2) is 42.8 Å². The molecule has 2 aromatic carbocycles. The van der Waals surface area contributed by atoms with E-state index in [1.54, 1.807) is 0 Å². The molecule has 7 heteroatoms. The van der Waals surface area contributed by atoms with Gasteiger partial charge in [0.05, 0.1) is 12.3 Å². The number of fused-ring (bicyclic) bond motifs is 1. The molecule has 0 amide bonds. The number of aliphatic hydroxyl groups is 1. The first-order valence-electron chi connectivity index (χ1n) is 10.3. The van der Waals surface area contributed by atoms with Gasteiger partial charge in [-0.05, 0) is 50.5 Å². The lowest BCUT2D eigenvalue weighted by atomic mass is 9.89. The topological polar surface area (TPSA) is 76.1 Å². The molecule has 1 N–H and O–H groups in total. The van der Waals surface area contributed by atoms with Crippen LogP contribution in [0.2, 0.25) is 0 Å². The molecule has 2 aromatic rings. The number of unbranched alkanes of at least 4 members (excludes halogenated alkanes) is 1. The van der Waals surface area contributed by atoms with E-state index in [1.165, 1.54) is 10.6 Å². The Kier molecular flexibility index (Phi) is 7.06. The Labute approximate surface area is 179 Å². The number of sulfonamides is 1. The minimum atomic E-state index is -3.45. The molecule has 1 atom stereocenters. The Balaban J connectivity index is 1.90. The smallest absolute Gasteiger partial charge is 0.211 e. The zero-order chi connectivity index (χ0) is 21.8. The van der Waals surface area contributed by atoms with E-state index in [-0.39, 0.29) is 12.6 Å². The molecule has 1 aliphatic rings. The lowest BCUT2D eigenvalue weighted by Gasteiger charge is -2.41. The fourth-order valence-electron chi connectivity index (χ4n) is 3.81. The summed E-state index contributed by atoms with van der Waals surface area (Å²) in [5.41, 5.74) is 1.38. The average molecular weight is 434 g/mol. The van der Waals surface area contributed by atoms with Crippen LogP contribution < -0.4 is 9.47 Å². The molecule has 0 bridgehead atoms. The van der Waals surface area contributed by atoms with Gasteiger partial charge in [0.1, 0.15) is 23.7 Å². The van der Waals surface area contributed by atoms with Crippen molar-refractivity contribution in [2.45, 2.75) is 51.4 Å². The van der Waals surface area contributed by atoms with Gasteiger partial charge in [0.25, 0.3) is 0 Å². The summed E-state index contributed by atoms with van der Waals surface area (Å²) in [6.45, 7) is 4.77. The predicted octanol–water partition coefficient (Wildman–Crippen LogP) is 3.90. The maximum absolute atomic E-state index is 12.6. The number of ether oxygens (including phenoxy) is 2. The summed E-state index contributed by atoms with van der Waals surface area (Å²) in [4.78, 5) is 0. The zero-order valence-corrected chi connectivity index (χ0v) is 18.7. The summed E-state index contributed by atoms with van der Waals surface area (Å²) in [6.07, 6.45) is 2.94. The maximum atomic E-state index is 12.6. The Morgan fingerprint density at radius 2 is 1.90 bits per heavy atom. The summed E-state index contributed by atoms with van der Waals surface area (Å²) in [5, 5.41) is 9.12. The van der Waals surface area contributed by atoms with E-state index in [1.807, 2.05) is 62.4 Å². The lowest BCUT2D eigenvalue weighted by Crippen LogP contribution is -2.43. The number of aliphatic hydroxyl groups excluding tert-OH is 1. The molecule has 3 rings (SSSR count). The summed E-state index contributed by atoms with van der Waals surface area (Å²) >= 11 is 0. The van der Waals surface area contributed by atoms with E-state index in [9.17, 15) is 8.42 Å². The summed E-state index contributed by atoms with van der Waals surface area (Å²) in [7, 11) is -3.45. The van der Waals surface area contributed by atoms with E-state index < -0.39 is 15.6 Å². The van der Waals surface area contributed by atoms with Gasteiger partial charge in [0.15, 0.2) is 0 Å². The highest BCUT2D eigenvalue weighted by molar-refractivity contribution is 7.88. The minimum absolute atomic E-state index is 0.0466. The van der Waals surface area contributed by atoms with Crippen molar-refractivity contribution in [3.05, 3.63) is 59.7 Å². The first kappa shape index (κ1) is 22.6. The van der Waals surface area contributed by atoms with Crippen molar-refractivity contribution in [3.8, 4) is 11.5 Å². The highest BCUT2D eigenvalue weighted by Gasteiger charge is 2.40. The Hall–Kier alpha value is -2.09. The number of rotatable bonds is 9. The van der Waals surface area contributed by atoms with Crippen LogP contribution in [0.4, 0.5) is 0 Å². The molecule has 6 nitrogen and oxygen atoms in total. The first-order valence-corrected chi connectivity index (χ1v) is 12.1. The fraction of sp³-hybridized carbons (Fsp3) is 0.478. The largest absolute Gasteiger partial charge is 0.489 e. The molecule has 1 unspecified atom stereocenters. The van der Waals surface area contributed by atoms with Gasteiger partial charge in [-0.25, -0.2) is 8.42 Å². The van der Waals surface area contributed by atoms with Crippen molar-refractivity contribution in [2.75, 3.05) is 19.4 Å². The number of nitrogens with zero attached hydrogens (tertiary/aromatic N) is 1. The van der Waals surface area contributed by atoms with Gasteiger partial charge in [-0.1, -0.05) is 30.3 Å². The molecule has 0 aromatic heterocycles. The summed E-state index contributed by atoms with van der Waals surface area (Å²) in [6, 6.07) is 15.2. The molecule has 30 heavy (non-hydrogen) atoms. The third kappa shape index (κ3) is 5.74. The predicted molar refractivity (Wildman–Crippen MR) is 117 cm³/mol. The summed E-state index contributed by atoms with van der Waals surface area (Å²) < 4.78 is 38.9. The van der Waals surface area contributed by atoms with E-state index in [2.05, 4.69) is 0 Å². The van der Waals surface area contributed by atoms with Crippen LogP contribution in [0.1, 0.15) is 50.3 Å². The molecule has 1 heterocycles. The van der Waals surface area contributed by atoms with Crippen LogP contribution in [0.3, 0.4) is 0 Å². The maximum Gasteiger partial charge on any atom is 0.211 e. The van der Waals surface area contributed by atoms with Crippen molar-refractivity contribution in [1.29, 1.82) is 0 Å². The van der Waals surface area contributed by atoms with Crippen molar-refractivity contribution in [2.24, 2.45) is 0 Å². The van der Waals surface area contributed by atoms with E-state index >= 15 is 0 Å². The van der Waals surface area contributed by atoms with Gasteiger partial charge in [0.2, 0.25) is 10.0 Å². The third-order valence-corrected chi connectivity index (χ3v) is 6.51. The van der Waals surface area contributed by atoms with E-state index in [0.717, 1.165) is 11.1 Å². The van der Waals surface area contributed by atoms with Gasteiger partial charge in [0, 0.05) is 25.1 Å². The summed E-state index contributed by atoms with van der Waals surface area (Å²) in [5.74, 6) is 1.36. The molecule has 0 fully saturated rings. The quantitative estimate of drug-likeness (QED) is 0.607. The Morgan fingerprint density at radius 3 is 2.57 bits per heavy atom. The molecule has 0 radical (unpaired) electrons. The van der Waals surface area contributed by atoms with Crippen LogP contribution in [0, 0.1) is 0 Å². The van der Waals surface area contributed by atoms with Gasteiger partial charge < -0.3 is 14.6 Å². The van der Waals surface area contributed by atoms with Gasteiger partial charge in [-0.3, -0.25) is 0 Å². The van der Waals surface area contributed by atoms with Crippen molar-refractivity contribution in [1.82, 2.24) is 4.31 Å². The zero-order valence-electron chi connectivity index (χ0n) is 17.9. The fourth-order valence-corrected chi connectivity index (χ4v) is 4.93. The Morgan fingerprint density at radius 1 is 1.17 bits per heavy atom. The second-order valence-electron chi connectivity index (χ2n) is 8.36. The molecular weight excluding hydrogens is 402 g/mol. The SMILES string of the molecule is CC1(C)CC(N(CCCCO)S(C)(=O)=O)c2cc(OCc3ccccc3)ccc2O1. The van der Waals surface area contributed by atoms with Crippen LogP contribution >= 0.6 is 0 Å². The number of benzene rings is 2. The standard InChI is InChI=1S/C23H31NO5S/c1-23(2)16-21(24(30(3,26)27)13-7-8-14-25)20-15-19(11-12-22(20)29-23)28-17-18-9-5-4-6-10-18/h4-6,9-12,15,21,25H,7-8,13-14,16-17H2,1-3H3. The van der Waals surface area contributed by atoms with Crippen LogP contribution in [0.5, 0.6) is 11.5 Å². The molecule has 164 valence electrons. The van der Waals surface area contributed by atoms with Crippen LogP contribution in [0.15, 0.2) is 48.5 Å². The second-order valence-corrected chi connectivity index (χ2v) is 10.3. The van der Waals surface area contributed by atoms with Gasteiger partial charge >= 0.3 is 0 Å². The molecular formula is C23H31NO5S. The second kappa shape index (κ2) is 9.37. The number of hydrogen-bond acceptors (Lipinski definition) is 5. The lowest BCUT2D eigenvalue weighted by molar-refractivity contribution is 0.0497. The minimum Gasteiger partial charge on any atom is -0.489 e. The highest BCUT2D eigenvalue weighted by atomic mass is 32.2. The van der Waals surface area contributed by atoms with E-state index in [0.29, 0.717) is 43.9 Å². The van der Waals surface area contributed by atoms with E-state index in [4.69, 9.17) is 14.6 Å². The third-order valence-electron chi connectivity index (χ3n) is 5.22. The Bertz CT molecular complexity index is 943. The van der Waals surface area contributed by atoms with Crippen molar-refractivity contribution in [3.63, 3.8) is 0 Å². The number of hydrogen-bond donors (Lipinski definition) is 1. The normalized spacial score (nSPS) is 18.0. The molecule has 1 aliphatic heterocycles.